The molecule has 2 aromatic carbocycles. The van der Waals surface area contributed by atoms with Crippen LogP contribution in [-0.2, 0) is 7.05 Å². The number of nitrogens with zero attached hydrogens (tertiary/aromatic N) is 2. The van der Waals surface area contributed by atoms with Crippen molar-refractivity contribution in [2.75, 3.05) is 0 Å². The average molecular weight is 447 g/mol. The highest BCUT2D eigenvalue weighted by Gasteiger charge is 2.21. The number of aryl methyl sites for hydroxylation is 2. The molecule has 3 aromatic rings. The summed E-state index contributed by atoms with van der Waals surface area (Å²) in [7, 11) is 1.66. The van der Waals surface area contributed by atoms with Crippen molar-refractivity contribution >= 4 is 11.5 Å². The molecule has 6 heteroatoms. The van der Waals surface area contributed by atoms with Crippen molar-refractivity contribution in [3.63, 3.8) is 0 Å². The molecule has 0 spiro atoms. The van der Waals surface area contributed by atoms with E-state index in [0.717, 1.165) is 16.7 Å². The van der Waals surface area contributed by atoms with Crippen LogP contribution in [0.5, 0.6) is 0 Å². The van der Waals surface area contributed by atoms with Gasteiger partial charge in [0, 0.05) is 49.2 Å². The van der Waals surface area contributed by atoms with Crippen molar-refractivity contribution in [3.05, 3.63) is 105 Å². The fraction of sp³-hybridized carbons (Fsp3) is 0.296. The van der Waals surface area contributed by atoms with Gasteiger partial charge in [0.1, 0.15) is 0 Å². The van der Waals surface area contributed by atoms with Crippen molar-refractivity contribution < 1.29 is 15.1 Å². The van der Waals surface area contributed by atoms with Crippen LogP contribution in [0.3, 0.4) is 0 Å². The van der Waals surface area contributed by atoms with E-state index in [1.165, 1.54) is 10.6 Å². The number of aromatic nitrogens is 1. The second-order valence-electron chi connectivity index (χ2n) is 8.46. The zero-order valence-electron chi connectivity index (χ0n) is 19.2. The van der Waals surface area contributed by atoms with Gasteiger partial charge in [0.2, 0.25) is 5.56 Å². The van der Waals surface area contributed by atoms with Gasteiger partial charge in [-0.1, -0.05) is 53.7 Å². The van der Waals surface area contributed by atoms with E-state index in [0.29, 0.717) is 36.1 Å². The standard InChI is InChI=1S/C27H30N2O4/c1-18-6-4-5-7-23(18)24(16-25(28-33)22-13-15-27(32)29(3)17-22)20-9-11-21(12-10-20)26(31)14-8-19(2)30/h4-7,9-13,15,17,19,24,30,33H,8,14,16H2,1-3H3/b28-25+/t19-,24?/m0/s1. The van der Waals surface area contributed by atoms with Crippen molar-refractivity contribution in [2.24, 2.45) is 12.2 Å². The lowest BCUT2D eigenvalue weighted by molar-refractivity contribution is 0.0949. The minimum absolute atomic E-state index is 0.00213. The molecule has 0 amide bonds. The quantitative estimate of drug-likeness (QED) is 0.220. The number of hydrogen-bond acceptors (Lipinski definition) is 5. The molecular weight excluding hydrogens is 416 g/mol. The first-order valence-corrected chi connectivity index (χ1v) is 11.0. The molecule has 0 aliphatic heterocycles. The lowest BCUT2D eigenvalue weighted by atomic mass is 9.83. The molecule has 2 atom stereocenters. The number of benzene rings is 2. The van der Waals surface area contributed by atoms with Crippen molar-refractivity contribution in [2.45, 2.75) is 45.1 Å². The number of carbonyl (C=O) groups excluding carboxylic acids is 1. The largest absolute Gasteiger partial charge is 0.411 e. The van der Waals surface area contributed by atoms with Crippen LogP contribution < -0.4 is 5.56 Å². The van der Waals surface area contributed by atoms with E-state index >= 15 is 0 Å². The summed E-state index contributed by atoms with van der Waals surface area (Å²) in [5.41, 5.74) is 4.80. The Morgan fingerprint density at radius 1 is 1.03 bits per heavy atom. The molecule has 1 heterocycles. The Labute approximate surface area is 193 Å². The summed E-state index contributed by atoms with van der Waals surface area (Å²) in [6.45, 7) is 3.71. The molecule has 6 nitrogen and oxygen atoms in total. The van der Waals surface area contributed by atoms with Crippen LogP contribution in [0.4, 0.5) is 0 Å². The van der Waals surface area contributed by atoms with Crippen molar-refractivity contribution in [1.29, 1.82) is 0 Å². The third kappa shape index (κ3) is 6.05. The van der Waals surface area contributed by atoms with Crippen LogP contribution >= 0.6 is 0 Å². The number of ketones is 1. The molecular formula is C27H30N2O4. The average Bonchev–Trinajstić information content (AvgIpc) is 2.81. The Morgan fingerprint density at radius 3 is 2.30 bits per heavy atom. The van der Waals surface area contributed by atoms with Gasteiger partial charge in [-0.3, -0.25) is 9.59 Å². The molecule has 172 valence electrons. The zero-order valence-corrected chi connectivity index (χ0v) is 19.2. The molecule has 1 unspecified atom stereocenters. The highest BCUT2D eigenvalue weighted by atomic mass is 16.4. The number of carbonyl (C=O) groups is 1. The van der Waals surface area contributed by atoms with Gasteiger partial charge in [-0.15, -0.1) is 0 Å². The predicted octanol–water partition coefficient (Wildman–Crippen LogP) is 4.44. The molecule has 0 aliphatic rings. The van der Waals surface area contributed by atoms with Crippen LogP contribution in [0.2, 0.25) is 0 Å². The minimum atomic E-state index is -0.507. The maximum atomic E-state index is 12.4. The summed E-state index contributed by atoms with van der Waals surface area (Å²) in [6.07, 6.45) is 2.30. The smallest absolute Gasteiger partial charge is 0.250 e. The first kappa shape index (κ1) is 24.1. The maximum Gasteiger partial charge on any atom is 0.250 e. The third-order valence-electron chi connectivity index (χ3n) is 5.93. The summed E-state index contributed by atoms with van der Waals surface area (Å²) in [6, 6.07) is 18.7. The highest BCUT2D eigenvalue weighted by molar-refractivity contribution is 6.00. The normalized spacial score (nSPS) is 13.5. The third-order valence-corrected chi connectivity index (χ3v) is 5.93. The number of oxime groups is 1. The summed E-state index contributed by atoms with van der Waals surface area (Å²) >= 11 is 0. The van der Waals surface area contributed by atoms with Gasteiger partial charge in [-0.25, -0.2) is 0 Å². The first-order valence-electron chi connectivity index (χ1n) is 11.0. The Balaban J connectivity index is 1.95. The topological polar surface area (TPSA) is 91.9 Å². The summed E-state index contributed by atoms with van der Waals surface area (Å²) < 4.78 is 1.46. The SMILES string of the molecule is Cc1ccccc1C(C/C(=N\O)c1ccc(=O)n(C)c1)c1ccc(C(=O)CC[C@H](C)O)cc1. The van der Waals surface area contributed by atoms with E-state index in [4.69, 9.17) is 0 Å². The van der Waals surface area contributed by atoms with Crippen molar-refractivity contribution in [1.82, 2.24) is 4.57 Å². The van der Waals surface area contributed by atoms with E-state index in [1.54, 1.807) is 26.2 Å². The second kappa shape index (κ2) is 10.9. The molecule has 0 saturated heterocycles. The van der Waals surface area contributed by atoms with Gasteiger partial charge in [0.05, 0.1) is 11.8 Å². The van der Waals surface area contributed by atoms with E-state index in [9.17, 15) is 19.9 Å². The van der Waals surface area contributed by atoms with Crippen molar-refractivity contribution in [3.8, 4) is 0 Å². The summed E-state index contributed by atoms with van der Waals surface area (Å²) in [5.74, 6) is -0.117. The fourth-order valence-electron chi connectivity index (χ4n) is 3.95. The molecule has 0 saturated carbocycles. The molecule has 2 N–H and O–H groups in total. The molecule has 0 aliphatic carbocycles. The Bertz CT molecular complexity index is 1190. The van der Waals surface area contributed by atoms with Crippen LogP contribution in [0.25, 0.3) is 0 Å². The first-order chi connectivity index (χ1) is 15.8. The lowest BCUT2D eigenvalue weighted by Crippen LogP contribution is -2.18. The van der Waals surface area contributed by atoms with Crippen LogP contribution in [0.1, 0.15) is 64.7 Å². The molecule has 3 rings (SSSR count). The summed E-state index contributed by atoms with van der Waals surface area (Å²) in [4.78, 5) is 24.2. The Hall–Kier alpha value is -3.51. The number of Topliss-reactive ketones (excluding diaryl/α,β-unsaturated/α-hetero) is 1. The fourth-order valence-corrected chi connectivity index (χ4v) is 3.95. The Morgan fingerprint density at radius 2 is 1.70 bits per heavy atom. The van der Waals surface area contributed by atoms with Gasteiger partial charge in [0.25, 0.3) is 0 Å². The number of aliphatic hydroxyl groups excluding tert-OH is 1. The highest BCUT2D eigenvalue weighted by Crippen LogP contribution is 2.32. The number of pyridine rings is 1. The minimum Gasteiger partial charge on any atom is -0.411 e. The zero-order chi connectivity index (χ0) is 24.0. The number of rotatable bonds is 9. The molecule has 0 radical (unpaired) electrons. The second-order valence-corrected chi connectivity index (χ2v) is 8.46. The van der Waals surface area contributed by atoms with Crippen LogP contribution in [0, 0.1) is 6.92 Å². The number of hydrogen-bond donors (Lipinski definition) is 2. The van der Waals surface area contributed by atoms with Gasteiger partial charge < -0.3 is 14.9 Å². The van der Waals surface area contributed by atoms with E-state index in [1.807, 2.05) is 49.4 Å². The molecule has 0 fully saturated rings. The molecule has 1 aromatic heterocycles. The number of aliphatic hydroxyl groups is 1. The van der Waals surface area contributed by atoms with E-state index in [2.05, 4.69) is 11.2 Å². The Kier molecular flexibility index (Phi) is 7.96. The predicted molar refractivity (Wildman–Crippen MR) is 129 cm³/mol. The van der Waals surface area contributed by atoms with Crippen LogP contribution in [0.15, 0.2) is 76.8 Å². The van der Waals surface area contributed by atoms with Gasteiger partial charge in [0.15, 0.2) is 5.78 Å². The van der Waals surface area contributed by atoms with E-state index < -0.39 is 6.10 Å². The summed E-state index contributed by atoms with van der Waals surface area (Å²) in [5, 5.41) is 22.8. The maximum absolute atomic E-state index is 12.4. The molecule has 33 heavy (non-hydrogen) atoms. The van der Waals surface area contributed by atoms with Gasteiger partial charge >= 0.3 is 0 Å². The van der Waals surface area contributed by atoms with Gasteiger partial charge in [-0.05, 0) is 43.0 Å². The molecule has 0 bridgehead atoms. The van der Waals surface area contributed by atoms with E-state index in [-0.39, 0.29) is 17.3 Å². The van der Waals surface area contributed by atoms with Crippen LogP contribution in [-0.4, -0.2) is 32.5 Å². The lowest BCUT2D eigenvalue weighted by Gasteiger charge is -2.21. The van der Waals surface area contributed by atoms with Gasteiger partial charge in [-0.2, -0.15) is 0 Å². The monoisotopic (exact) mass is 446 g/mol.